The van der Waals surface area contributed by atoms with Gasteiger partial charge in [0.1, 0.15) is 0 Å². The van der Waals surface area contributed by atoms with Gasteiger partial charge in [-0.2, -0.15) is 15.0 Å². The topological polar surface area (TPSA) is 92.3 Å². The second kappa shape index (κ2) is 7.58. The minimum atomic E-state index is -0.330. The maximum atomic E-state index is 12.0. The number of hydrogen-bond acceptors (Lipinski definition) is 6. The molecule has 1 aromatic heterocycles. The Kier molecular flexibility index (Phi) is 5.51. The third kappa shape index (κ3) is 4.55. The molecule has 0 bridgehead atoms. The van der Waals surface area contributed by atoms with Gasteiger partial charge in [0.25, 0.3) is 0 Å². The Bertz CT molecular complexity index is 733. The Morgan fingerprint density at radius 1 is 1.17 bits per heavy atom. The molecule has 0 saturated heterocycles. The summed E-state index contributed by atoms with van der Waals surface area (Å²) >= 11 is 0. The molecule has 8 nitrogen and oxygen atoms in total. The number of ether oxygens (including phenoxy) is 1. The highest BCUT2D eigenvalue weighted by atomic mass is 16.5. The van der Waals surface area contributed by atoms with Crippen molar-refractivity contribution >= 4 is 17.7 Å². The zero-order valence-corrected chi connectivity index (χ0v) is 14.5. The molecule has 0 aliphatic carbocycles. The normalized spacial score (nSPS) is 10.2. The fraction of sp³-hybridized carbons (Fsp3) is 0.375. The highest BCUT2D eigenvalue weighted by molar-refractivity contribution is 5.89. The van der Waals surface area contributed by atoms with Crippen molar-refractivity contribution in [3.63, 3.8) is 0 Å². The number of hydrogen-bond donors (Lipinski definition) is 2. The van der Waals surface area contributed by atoms with Gasteiger partial charge in [-0.3, -0.25) is 0 Å². The Morgan fingerprint density at radius 2 is 1.92 bits per heavy atom. The van der Waals surface area contributed by atoms with Crippen LogP contribution in [0.3, 0.4) is 0 Å². The van der Waals surface area contributed by atoms with Gasteiger partial charge in [-0.15, -0.1) is 0 Å². The Hall–Kier alpha value is -2.90. The van der Waals surface area contributed by atoms with Gasteiger partial charge in [0.2, 0.25) is 5.95 Å². The molecule has 2 N–H and O–H groups in total. The summed E-state index contributed by atoms with van der Waals surface area (Å²) in [7, 11) is 5.12. The van der Waals surface area contributed by atoms with Crippen LogP contribution >= 0.6 is 0 Å². The van der Waals surface area contributed by atoms with E-state index < -0.39 is 0 Å². The third-order valence-electron chi connectivity index (χ3n) is 3.40. The fourth-order valence-electron chi connectivity index (χ4n) is 1.91. The molecule has 2 rings (SSSR count). The van der Waals surface area contributed by atoms with Crippen LogP contribution in [0.4, 0.5) is 16.4 Å². The quantitative estimate of drug-likeness (QED) is 0.870. The lowest BCUT2D eigenvalue weighted by Crippen LogP contribution is -2.29. The van der Waals surface area contributed by atoms with Crippen molar-refractivity contribution in [2.24, 2.45) is 0 Å². The lowest BCUT2D eigenvalue weighted by atomic mass is 10.1. The van der Waals surface area contributed by atoms with E-state index in [0.717, 1.165) is 11.3 Å². The molecular formula is C16H22N6O2. The van der Waals surface area contributed by atoms with Crippen molar-refractivity contribution in [2.45, 2.75) is 20.4 Å². The summed E-state index contributed by atoms with van der Waals surface area (Å²) in [6.07, 6.45) is 0. The van der Waals surface area contributed by atoms with Crippen molar-refractivity contribution in [3.8, 4) is 6.01 Å². The number of anilines is 2. The van der Waals surface area contributed by atoms with Crippen molar-refractivity contribution in [1.29, 1.82) is 0 Å². The smallest absolute Gasteiger partial charge is 0.321 e. The van der Waals surface area contributed by atoms with Crippen LogP contribution in [0.5, 0.6) is 6.01 Å². The number of aryl methyl sites for hydroxylation is 2. The number of aromatic nitrogens is 3. The van der Waals surface area contributed by atoms with Gasteiger partial charge < -0.3 is 20.3 Å². The highest BCUT2D eigenvalue weighted by Gasteiger charge is 2.10. The Labute approximate surface area is 141 Å². The van der Waals surface area contributed by atoms with E-state index in [4.69, 9.17) is 4.74 Å². The summed E-state index contributed by atoms with van der Waals surface area (Å²) in [5.41, 5.74) is 3.03. The molecule has 0 spiro atoms. The number of methoxy groups -OCH3 is 1. The summed E-state index contributed by atoms with van der Waals surface area (Å²) in [5.74, 6) is 0.883. The lowest BCUT2D eigenvalue weighted by molar-refractivity contribution is 0.251. The monoisotopic (exact) mass is 330 g/mol. The van der Waals surface area contributed by atoms with E-state index in [-0.39, 0.29) is 18.6 Å². The van der Waals surface area contributed by atoms with Gasteiger partial charge in [-0.1, -0.05) is 6.07 Å². The average molecular weight is 330 g/mol. The molecule has 0 saturated carbocycles. The zero-order chi connectivity index (χ0) is 17.7. The van der Waals surface area contributed by atoms with Gasteiger partial charge in [0, 0.05) is 19.8 Å². The van der Waals surface area contributed by atoms with E-state index in [1.54, 1.807) is 4.90 Å². The lowest BCUT2D eigenvalue weighted by Gasteiger charge is -2.13. The minimum absolute atomic E-state index is 0.163. The van der Waals surface area contributed by atoms with E-state index in [1.807, 2.05) is 46.1 Å². The molecule has 8 heteroatoms. The number of carbonyl (C=O) groups excluding carboxylic acids is 1. The Morgan fingerprint density at radius 3 is 2.54 bits per heavy atom. The summed E-state index contributed by atoms with van der Waals surface area (Å²) in [4.78, 5) is 26.3. The Balaban J connectivity index is 2.00. The molecule has 0 radical (unpaired) electrons. The van der Waals surface area contributed by atoms with Crippen LogP contribution in [0.15, 0.2) is 18.2 Å². The number of carbonyl (C=O) groups is 1. The minimum Gasteiger partial charge on any atom is -0.467 e. The predicted octanol–water partition coefficient (Wildman–Crippen LogP) is 1.88. The first-order chi connectivity index (χ1) is 11.4. The number of rotatable bonds is 5. The van der Waals surface area contributed by atoms with Crippen LogP contribution in [0.2, 0.25) is 0 Å². The van der Waals surface area contributed by atoms with Crippen LogP contribution in [0.25, 0.3) is 0 Å². The van der Waals surface area contributed by atoms with E-state index >= 15 is 0 Å². The third-order valence-corrected chi connectivity index (χ3v) is 3.40. The largest absolute Gasteiger partial charge is 0.467 e. The maximum Gasteiger partial charge on any atom is 0.321 e. The molecule has 2 aromatic rings. The van der Waals surface area contributed by atoms with Crippen LogP contribution in [0, 0.1) is 13.8 Å². The summed E-state index contributed by atoms with van der Waals surface area (Å²) in [6, 6.07) is 5.62. The van der Waals surface area contributed by atoms with Gasteiger partial charge in [-0.25, -0.2) is 4.79 Å². The van der Waals surface area contributed by atoms with E-state index in [9.17, 15) is 4.79 Å². The highest BCUT2D eigenvalue weighted by Crippen LogP contribution is 2.14. The zero-order valence-electron chi connectivity index (χ0n) is 14.5. The molecule has 128 valence electrons. The van der Waals surface area contributed by atoms with Gasteiger partial charge in [-0.05, 0) is 37.1 Å². The molecule has 0 aliphatic heterocycles. The maximum absolute atomic E-state index is 12.0. The molecule has 0 atom stereocenters. The van der Waals surface area contributed by atoms with Crippen LogP contribution in [-0.2, 0) is 6.54 Å². The average Bonchev–Trinajstić information content (AvgIpc) is 2.56. The molecule has 0 fully saturated rings. The van der Waals surface area contributed by atoms with E-state index in [0.29, 0.717) is 11.8 Å². The second-order valence-electron chi connectivity index (χ2n) is 5.54. The van der Waals surface area contributed by atoms with E-state index in [1.165, 1.54) is 12.7 Å². The van der Waals surface area contributed by atoms with Crippen molar-refractivity contribution < 1.29 is 9.53 Å². The van der Waals surface area contributed by atoms with Crippen LogP contribution in [-0.4, -0.2) is 42.2 Å². The molecular weight excluding hydrogens is 308 g/mol. The molecule has 2 amide bonds. The number of amides is 2. The number of urea groups is 1. The van der Waals surface area contributed by atoms with Gasteiger partial charge in [0.05, 0.1) is 13.7 Å². The number of nitrogens with zero attached hydrogens (tertiary/aromatic N) is 4. The molecule has 0 unspecified atom stereocenters. The van der Waals surface area contributed by atoms with Crippen molar-refractivity contribution in [3.05, 3.63) is 35.2 Å². The summed E-state index contributed by atoms with van der Waals surface area (Å²) < 4.78 is 5.06. The fourth-order valence-corrected chi connectivity index (χ4v) is 1.91. The van der Waals surface area contributed by atoms with Gasteiger partial charge in [0.15, 0.2) is 5.82 Å². The second-order valence-corrected chi connectivity index (χ2v) is 5.54. The van der Waals surface area contributed by atoms with Crippen LogP contribution in [0.1, 0.15) is 17.0 Å². The number of nitrogens with one attached hydrogen (secondary N) is 2. The van der Waals surface area contributed by atoms with Crippen LogP contribution < -0.4 is 20.3 Å². The van der Waals surface area contributed by atoms with Crippen molar-refractivity contribution in [2.75, 3.05) is 31.4 Å². The first-order valence-electron chi connectivity index (χ1n) is 7.47. The molecule has 1 heterocycles. The first kappa shape index (κ1) is 17.5. The van der Waals surface area contributed by atoms with Crippen molar-refractivity contribution in [1.82, 2.24) is 20.3 Å². The molecule has 1 aromatic carbocycles. The standard InChI is InChI=1S/C16H22N6O2/c1-10-6-7-12(8-11(10)2)18-15(23)17-9-13-19-14(22(3)4)21-16(20-13)24-5/h6-8H,9H2,1-5H3,(H2,17,18,23). The number of benzene rings is 1. The van der Waals surface area contributed by atoms with Gasteiger partial charge >= 0.3 is 12.0 Å². The first-order valence-corrected chi connectivity index (χ1v) is 7.47. The van der Waals surface area contributed by atoms with E-state index in [2.05, 4.69) is 25.6 Å². The predicted molar refractivity (Wildman–Crippen MR) is 92.5 cm³/mol. The molecule has 0 aliphatic rings. The summed E-state index contributed by atoms with van der Waals surface area (Å²) in [6.45, 7) is 4.18. The SMILES string of the molecule is COc1nc(CNC(=O)Nc2ccc(C)c(C)c2)nc(N(C)C)n1. The summed E-state index contributed by atoms with van der Waals surface area (Å²) in [5, 5.41) is 5.51. The molecule has 24 heavy (non-hydrogen) atoms.